The standard InChI is InChI=1S/C15H17FO/c1-2-13-9-6-10-14(15(13)16)17-11-12-7-4-3-5-8-12/h4,6-10H,2-3,5,11H2,1H3. The van der Waals surface area contributed by atoms with Crippen LogP contribution in [0.4, 0.5) is 4.39 Å². The lowest BCUT2D eigenvalue weighted by molar-refractivity contribution is 0.333. The van der Waals surface area contributed by atoms with Crippen molar-refractivity contribution in [2.45, 2.75) is 26.2 Å². The van der Waals surface area contributed by atoms with E-state index in [0.29, 0.717) is 24.3 Å². The second kappa shape index (κ2) is 5.67. The molecule has 0 saturated heterocycles. The molecule has 0 radical (unpaired) electrons. The first-order chi connectivity index (χ1) is 8.31. The molecule has 0 saturated carbocycles. The van der Waals surface area contributed by atoms with Crippen LogP contribution in [-0.2, 0) is 6.42 Å². The number of hydrogen-bond acceptors (Lipinski definition) is 1. The van der Waals surface area contributed by atoms with Gasteiger partial charge in [0, 0.05) is 0 Å². The van der Waals surface area contributed by atoms with E-state index in [9.17, 15) is 4.39 Å². The summed E-state index contributed by atoms with van der Waals surface area (Å²) in [7, 11) is 0. The minimum Gasteiger partial charge on any atom is -0.486 e. The molecule has 2 heteroatoms. The van der Waals surface area contributed by atoms with Gasteiger partial charge >= 0.3 is 0 Å². The van der Waals surface area contributed by atoms with Gasteiger partial charge in [0.15, 0.2) is 11.6 Å². The largest absolute Gasteiger partial charge is 0.486 e. The summed E-state index contributed by atoms with van der Waals surface area (Å²) in [4.78, 5) is 0. The zero-order valence-electron chi connectivity index (χ0n) is 10.1. The second-order valence-electron chi connectivity index (χ2n) is 4.13. The van der Waals surface area contributed by atoms with Crippen LogP contribution in [0.25, 0.3) is 0 Å². The summed E-state index contributed by atoms with van der Waals surface area (Å²) in [5.41, 5.74) is 1.83. The van der Waals surface area contributed by atoms with E-state index in [1.807, 2.05) is 19.1 Å². The Bertz CT molecular complexity index is 446. The fraction of sp³-hybridized carbons (Fsp3) is 0.333. The van der Waals surface area contributed by atoms with Crippen molar-refractivity contribution in [1.82, 2.24) is 0 Å². The van der Waals surface area contributed by atoms with Gasteiger partial charge in [0.05, 0.1) is 0 Å². The van der Waals surface area contributed by atoms with Crippen LogP contribution in [0.15, 0.2) is 42.0 Å². The first kappa shape index (κ1) is 11.9. The Labute approximate surface area is 102 Å². The Morgan fingerprint density at radius 1 is 1.29 bits per heavy atom. The summed E-state index contributed by atoms with van der Waals surface area (Å²) in [6.45, 7) is 2.38. The topological polar surface area (TPSA) is 9.23 Å². The summed E-state index contributed by atoms with van der Waals surface area (Å²) in [5, 5.41) is 0. The van der Waals surface area contributed by atoms with Crippen LogP contribution in [0.2, 0.25) is 0 Å². The quantitative estimate of drug-likeness (QED) is 0.761. The van der Waals surface area contributed by atoms with Crippen LogP contribution >= 0.6 is 0 Å². The highest BCUT2D eigenvalue weighted by Crippen LogP contribution is 2.22. The molecule has 0 bridgehead atoms. The molecule has 0 aromatic heterocycles. The molecule has 1 aliphatic rings. The average molecular weight is 232 g/mol. The fourth-order valence-corrected chi connectivity index (χ4v) is 1.88. The lowest BCUT2D eigenvalue weighted by atomic mass is 10.1. The molecule has 0 aliphatic heterocycles. The maximum absolute atomic E-state index is 13.9. The number of hydrogen-bond donors (Lipinski definition) is 0. The maximum atomic E-state index is 13.9. The van der Waals surface area contributed by atoms with E-state index in [0.717, 1.165) is 18.4 Å². The Kier molecular flexibility index (Phi) is 3.97. The molecule has 0 N–H and O–H groups in total. The molecular formula is C15H17FO. The van der Waals surface area contributed by atoms with E-state index in [2.05, 4.69) is 12.2 Å². The molecule has 0 amide bonds. The third kappa shape index (κ3) is 2.96. The van der Waals surface area contributed by atoms with E-state index in [1.54, 1.807) is 12.1 Å². The van der Waals surface area contributed by atoms with Gasteiger partial charge in [0.25, 0.3) is 0 Å². The van der Waals surface area contributed by atoms with Crippen LogP contribution in [0, 0.1) is 5.82 Å². The van der Waals surface area contributed by atoms with Crippen molar-refractivity contribution in [1.29, 1.82) is 0 Å². The number of ether oxygens (including phenoxy) is 1. The van der Waals surface area contributed by atoms with Crippen LogP contribution in [0.3, 0.4) is 0 Å². The van der Waals surface area contributed by atoms with E-state index >= 15 is 0 Å². The summed E-state index contributed by atoms with van der Waals surface area (Å²) in [6.07, 6.45) is 9.13. The number of allylic oxidation sites excluding steroid dienone is 2. The van der Waals surface area contributed by atoms with Crippen LogP contribution in [-0.4, -0.2) is 6.61 Å². The van der Waals surface area contributed by atoms with E-state index in [4.69, 9.17) is 4.74 Å². The molecule has 0 heterocycles. The molecule has 2 rings (SSSR count). The van der Waals surface area contributed by atoms with Crippen LogP contribution in [0.1, 0.15) is 25.3 Å². The first-order valence-corrected chi connectivity index (χ1v) is 6.07. The highest BCUT2D eigenvalue weighted by Gasteiger charge is 2.08. The van der Waals surface area contributed by atoms with Gasteiger partial charge in [-0.25, -0.2) is 4.39 Å². The predicted octanol–water partition coefficient (Wildman–Crippen LogP) is 4.04. The van der Waals surface area contributed by atoms with Gasteiger partial charge in [-0.15, -0.1) is 0 Å². The smallest absolute Gasteiger partial charge is 0.168 e. The van der Waals surface area contributed by atoms with Gasteiger partial charge in [0.1, 0.15) is 6.61 Å². The number of halogens is 1. The number of aryl methyl sites for hydroxylation is 1. The molecular weight excluding hydrogens is 215 g/mol. The summed E-state index contributed by atoms with van der Waals surface area (Å²) < 4.78 is 19.4. The van der Waals surface area contributed by atoms with E-state index < -0.39 is 0 Å². The van der Waals surface area contributed by atoms with Crippen molar-refractivity contribution < 1.29 is 9.13 Å². The molecule has 1 aromatic carbocycles. The van der Waals surface area contributed by atoms with Crippen molar-refractivity contribution in [3.8, 4) is 5.75 Å². The van der Waals surface area contributed by atoms with Crippen molar-refractivity contribution in [3.63, 3.8) is 0 Å². The van der Waals surface area contributed by atoms with E-state index in [-0.39, 0.29) is 5.82 Å². The monoisotopic (exact) mass is 232 g/mol. The number of benzene rings is 1. The van der Waals surface area contributed by atoms with Gasteiger partial charge in [-0.2, -0.15) is 0 Å². The third-order valence-corrected chi connectivity index (χ3v) is 2.89. The molecule has 0 atom stereocenters. The van der Waals surface area contributed by atoms with Gasteiger partial charge in [0.2, 0.25) is 0 Å². The maximum Gasteiger partial charge on any atom is 0.168 e. The summed E-state index contributed by atoms with van der Waals surface area (Å²) >= 11 is 0. The molecule has 1 aliphatic carbocycles. The third-order valence-electron chi connectivity index (χ3n) is 2.89. The minimum absolute atomic E-state index is 0.226. The lowest BCUT2D eigenvalue weighted by Crippen LogP contribution is -2.03. The van der Waals surface area contributed by atoms with Gasteiger partial charge < -0.3 is 4.74 Å². The lowest BCUT2D eigenvalue weighted by Gasteiger charge is -2.11. The summed E-state index contributed by atoms with van der Waals surface area (Å²) in [5.74, 6) is 0.125. The van der Waals surface area contributed by atoms with Crippen LogP contribution in [0.5, 0.6) is 5.75 Å². The highest BCUT2D eigenvalue weighted by atomic mass is 19.1. The van der Waals surface area contributed by atoms with Gasteiger partial charge in [-0.3, -0.25) is 0 Å². The van der Waals surface area contributed by atoms with Gasteiger partial charge in [-0.1, -0.05) is 37.3 Å². The molecule has 0 unspecified atom stereocenters. The Balaban J connectivity index is 2.04. The Morgan fingerprint density at radius 3 is 2.88 bits per heavy atom. The van der Waals surface area contributed by atoms with Crippen molar-refractivity contribution >= 4 is 0 Å². The molecule has 0 spiro atoms. The first-order valence-electron chi connectivity index (χ1n) is 6.07. The van der Waals surface area contributed by atoms with E-state index in [1.165, 1.54) is 0 Å². The summed E-state index contributed by atoms with van der Waals surface area (Å²) in [6, 6.07) is 5.31. The molecule has 1 nitrogen and oxygen atoms in total. The molecule has 1 aromatic rings. The second-order valence-corrected chi connectivity index (χ2v) is 4.13. The average Bonchev–Trinajstić information content (AvgIpc) is 2.39. The fourth-order valence-electron chi connectivity index (χ4n) is 1.88. The normalized spacial score (nSPS) is 14.6. The molecule has 90 valence electrons. The zero-order valence-corrected chi connectivity index (χ0v) is 10.1. The van der Waals surface area contributed by atoms with Gasteiger partial charge in [-0.05, 0) is 36.5 Å². The minimum atomic E-state index is -0.226. The molecule has 17 heavy (non-hydrogen) atoms. The predicted molar refractivity (Wildman–Crippen MR) is 67.7 cm³/mol. The number of rotatable bonds is 4. The highest BCUT2D eigenvalue weighted by molar-refractivity contribution is 5.32. The zero-order chi connectivity index (χ0) is 12.1. The Morgan fingerprint density at radius 2 is 2.18 bits per heavy atom. The SMILES string of the molecule is CCc1cccc(OCC2=CCCC=C2)c1F. The van der Waals surface area contributed by atoms with Crippen molar-refractivity contribution in [2.75, 3.05) is 6.61 Å². The van der Waals surface area contributed by atoms with Crippen LogP contribution < -0.4 is 4.74 Å². The molecule has 0 fully saturated rings. The van der Waals surface area contributed by atoms with Crippen molar-refractivity contribution in [3.05, 3.63) is 53.4 Å². The Hall–Kier alpha value is -1.57. The van der Waals surface area contributed by atoms with Crippen molar-refractivity contribution in [2.24, 2.45) is 0 Å².